The van der Waals surface area contributed by atoms with E-state index in [4.69, 9.17) is 0 Å². The van der Waals surface area contributed by atoms with Crippen molar-refractivity contribution in [3.63, 3.8) is 0 Å². The van der Waals surface area contributed by atoms with Crippen molar-refractivity contribution in [2.45, 2.75) is 64.4 Å². The molecule has 2 amide bonds. The zero-order valence-corrected chi connectivity index (χ0v) is 12.8. The van der Waals surface area contributed by atoms with E-state index < -0.39 is 5.60 Å². The Morgan fingerprint density at radius 1 is 1.10 bits per heavy atom. The fourth-order valence-electron chi connectivity index (χ4n) is 2.69. The fraction of sp³-hybridized carbons (Fsp3) is 0.867. The molecule has 0 aromatic carbocycles. The monoisotopic (exact) mass is 284 g/mol. The zero-order valence-electron chi connectivity index (χ0n) is 12.8. The number of carbonyl (C=O) groups is 2. The van der Waals surface area contributed by atoms with Crippen molar-refractivity contribution in [1.82, 2.24) is 10.2 Å². The summed E-state index contributed by atoms with van der Waals surface area (Å²) in [6.07, 6.45) is 5.16. The van der Waals surface area contributed by atoms with Gasteiger partial charge in [0.1, 0.15) is 0 Å². The third-order valence-corrected chi connectivity index (χ3v) is 4.08. The lowest BCUT2D eigenvalue weighted by molar-refractivity contribution is -0.133. The molecule has 0 spiro atoms. The van der Waals surface area contributed by atoms with Crippen LogP contribution in [0.5, 0.6) is 0 Å². The number of aliphatic hydroxyl groups is 1. The highest BCUT2D eigenvalue weighted by Gasteiger charge is 2.29. The molecule has 0 heterocycles. The van der Waals surface area contributed by atoms with Crippen LogP contribution in [0.3, 0.4) is 0 Å². The Bertz CT molecular complexity index is 321. The van der Waals surface area contributed by atoms with Crippen LogP contribution >= 0.6 is 0 Å². The first kappa shape index (κ1) is 17.0. The van der Waals surface area contributed by atoms with Gasteiger partial charge in [-0.3, -0.25) is 9.59 Å². The molecular weight excluding hydrogens is 256 g/mol. The maximum atomic E-state index is 11.8. The molecule has 1 rings (SSSR count). The number of nitrogens with zero attached hydrogens (tertiary/aromatic N) is 1. The van der Waals surface area contributed by atoms with Crippen molar-refractivity contribution in [1.29, 1.82) is 0 Å². The maximum absolute atomic E-state index is 11.8. The molecule has 0 saturated heterocycles. The SMILES string of the molecule is CCN(CC)C(=O)CCC(=O)NCC1(O)CCCCC1. The van der Waals surface area contributed by atoms with E-state index in [0.717, 1.165) is 32.1 Å². The smallest absolute Gasteiger partial charge is 0.223 e. The van der Waals surface area contributed by atoms with Crippen LogP contribution in [0.4, 0.5) is 0 Å². The Morgan fingerprint density at radius 2 is 1.70 bits per heavy atom. The third kappa shape index (κ3) is 5.49. The minimum Gasteiger partial charge on any atom is -0.388 e. The molecule has 2 N–H and O–H groups in total. The Morgan fingerprint density at radius 3 is 2.25 bits per heavy atom. The number of hydrogen-bond acceptors (Lipinski definition) is 3. The van der Waals surface area contributed by atoms with Gasteiger partial charge in [-0.2, -0.15) is 0 Å². The van der Waals surface area contributed by atoms with Gasteiger partial charge in [0.05, 0.1) is 5.60 Å². The summed E-state index contributed by atoms with van der Waals surface area (Å²) in [5.41, 5.74) is -0.739. The van der Waals surface area contributed by atoms with Gasteiger partial charge in [0.25, 0.3) is 0 Å². The van der Waals surface area contributed by atoms with Crippen LogP contribution in [0.25, 0.3) is 0 Å². The van der Waals surface area contributed by atoms with Crippen molar-refractivity contribution in [3.8, 4) is 0 Å². The van der Waals surface area contributed by atoms with E-state index in [1.807, 2.05) is 13.8 Å². The Hall–Kier alpha value is -1.10. The van der Waals surface area contributed by atoms with Gasteiger partial charge in [-0.25, -0.2) is 0 Å². The molecule has 0 aromatic rings. The maximum Gasteiger partial charge on any atom is 0.223 e. The molecular formula is C15H28N2O3. The van der Waals surface area contributed by atoms with Gasteiger partial charge in [0, 0.05) is 32.5 Å². The Balaban J connectivity index is 2.24. The van der Waals surface area contributed by atoms with E-state index in [-0.39, 0.29) is 24.7 Å². The second-order valence-electron chi connectivity index (χ2n) is 5.63. The Kier molecular flexibility index (Phi) is 6.99. The molecule has 1 saturated carbocycles. The number of rotatable bonds is 7. The summed E-state index contributed by atoms with van der Waals surface area (Å²) < 4.78 is 0. The quantitative estimate of drug-likeness (QED) is 0.743. The molecule has 0 unspecified atom stereocenters. The van der Waals surface area contributed by atoms with Gasteiger partial charge in [-0.05, 0) is 26.7 Å². The van der Waals surface area contributed by atoms with E-state index in [2.05, 4.69) is 5.32 Å². The number of amides is 2. The average Bonchev–Trinajstić information content (AvgIpc) is 2.45. The first-order valence-corrected chi connectivity index (χ1v) is 7.77. The van der Waals surface area contributed by atoms with Crippen molar-refractivity contribution in [2.75, 3.05) is 19.6 Å². The van der Waals surface area contributed by atoms with Crippen molar-refractivity contribution >= 4 is 11.8 Å². The average molecular weight is 284 g/mol. The summed E-state index contributed by atoms with van der Waals surface area (Å²) in [7, 11) is 0. The van der Waals surface area contributed by atoms with Gasteiger partial charge in [-0.15, -0.1) is 0 Å². The van der Waals surface area contributed by atoms with Gasteiger partial charge in [0.15, 0.2) is 0 Å². The number of nitrogens with one attached hydrogen (secondary N) is 1. The summed E-state index contributed by atoms with van der Waals surface area (Å²) >= 11 is 0. The molecule has 1 aliphatic carbocycles. The molecule has 1 fully saturated rings. The van der Waals surface area contributed by atoms with Crippen LogP contribution < -0.4 is 5.32 Å². The number of carbonyl (C=O) groups excluding carboxylic acids is 2. The summed E-state index contributed by atoms with van der Waals surface area (Å²) in [5, 5.41) is 13.0. The molecule has 116 valence electrons. The summed E-state index contributed by atoms with van der Waals surface area (Å²) in [6.45, 7) is 5.53. The van der Waals surface area contributed by atoms with Crippen molar-refractivity contribution in [3.05, 3.63) is 0 Å². The van der Waals surface area contributed by atoms with Crippen LogP contribution in [0.15, 0.2) is 0 Å². The van der Waals surface area contributed by atoms with Crippen LogP contribution in [-0.4, -0.2) is 47.1 Å². The van der Waals surface area contributed by atoms with Gasteiger partial charge >= 0.3 is 0 Å². The largest absolute Gasteiger partial charge is 0.388 e. The Labute approximate surface area is 121 Å². The highest BCUT2D eigenvalue weighted by Crippen LogP contribution is 2.27. The molecule has 1 aliphatic rings. The van der Waals surface area contributed by atoms with E-state index in [1.165, 1.54) is 0 Å². The van der Waals surface area contributed by atoms with Crippen LogP contribution in [-0.2, 0) is 9.59 Å². The normalized spacial score (nSPS) is 17.6. The molecule has 5 heteroatoms. The van der Waals surface area contributed by atoms with Gasteiger partial charge in [-0.1, -0.05) is 19.3 Å². The van der Waals surface area contributed by atoms with Crippen LogP contribution in [0.2, 0.25) is 0 Å². The van der Waals surface area contributed by atoms with Crippen molar-refractivity contribution < 1.29 is 14.7 Å². The fourth-order valence-corrected chi connectivity index (χ4v) is 2.69. The first-order valence-electron chi connectivity index (χ1n) is 7.77. The lowest BCUT2D eigenvalue weighted by atomic mass is 9.85. The highest BCUT2D eigenvalue weighted by atomic mass is 16.3. The molecule has 0 aliphatic heterocycles. The van der Waals surface area contributed by atoms with Crippen LogP contribution in [0, 0.1) is 0 Å². The minimum atomic E-state index is -0.739. The molecule has 0 radical (unpaired) electrons. The van der Waals surface area contributed by atoms with Gasteiger partial charge in [0.2, 0.25) is 11.8 Å². The van der Waals surface area contributed by atoms with Gasteiger partial charge < -0.3 is 15.3 Å². The molecule has 0 atom stereocenters. The second-order valence-corrected chi connectivity index (χ2v) is 5.63. The van der Waals surface area contributed by atoms with E-state index >= 15 is 0 Å². The predicted octanol–water partition coefficient (Wildman–Crippen LogP) is 1.45. The van der Waals surface area contributed by atoms with E-state index in [9.17, 15) is 14.7 Å². The molecule has 0 aromatic heterocycles. The molecule has 20 heavy (non-hydrogen) atoms. The topological polar surface area (TPSA) is 69.6 Å². The number of hydrogen-bond donors (Lipinski definition) is 2. The first-order chi connectivity index (χ1) is 9.50. The molecule has 0 bridgehead atoms. The van der Waals surface area contributed by atoms with E-state index in [0.29, 0.717) is 19.6 Å². The second kappa shape index (κ2) is 8.25. The lowest BCUT2D eigenvalue weighted by Crippen LogP contribution is -2.44. The standard InChI is InChI=1S/C15H28N2O3/c1-3-17(4-2)14(19)9-8-13(18)16-12-15(20)10-6-5-7-11-15/h20H,3-12H2,1-2H3,(H,16,18). The summed E-state index contributed by atoms with van der Waals surface area (Å²) in [4.78, 5) is 25.2. The molecule has 5 nitrogen and oxygen atoms in total. The van der Waals surface area contributed by atoms with Crippen molar-refractivity contribution in [2.24, 2.45) is 0 Å². The highest BCUT2D eigenvalue weighted by molar-refractivity contribution is 5.83. The summed E-state index contributed by atoms with van der Waals surface area (Å²) in [5.74, 6) is -0.133. The zero-order chi connectivity index (χ0) is 15.0. The van der Waals surface area contributed by atoms with Crippen LogP contribution in [0.1, 0.15) is 58.8 Å². The third-order valence-electron chi connectivity index (χ3n) is 4.08. The predicted molar refractivity (Wildman–Crippen MR) is 78.2 cm³/mol. The van der Waals surface area contributed by atoms with E-state index in [1.54, 1.807) is 4.90 Å². The lowest BCUT2D eigenvalue weighted by Gasteiger charge is -2.32. The minimum absolute atomic E-state index is 0.0153. The summed E-state index contributed by atoms with van der Waals surface area (Å²) in [6, 6.07) is 0.